The third-order valence-electron chi connectivity index (χ3n) is 4.81. The van der Waals surface area contributed by atoms with Gasteiger partial charge in [-0.15, -0.1) is 0 Å². The Kier molecular flexibility index (Phi) is 3.84. The summed E-state index contributed by atoms with van der Waals surface area (Å²) in [6.45, 7) is 0.913. The Morgan fingerprint density at radius 1 is 1.32 bits per heavy atom. The molecule has 2 fully saturated rings. The van der Waals surface area contributed by atoms with E-state index in [2.05, 4.69) is 24.5 Å². The number of benzene rings is 1. The zero-order chi connectivity index (χ0) is 13.3. The van der Waals surface area contributed by atoms with E-state index in [-0.39, 0.29) is 5.60 Å². The van der Waals surface area contributed by atoms with Crippen LogP contribution in [-0.4, -0.2) is 19.3 Å². The molecule has 1 heterocycles. The van der Waals surface area contributed by atoms with E-state index in [0.717, 1.165) is 18.1 Å². The van der Waals surface area contributed by atoms with Gasteiger partial charge >= 0.3 is 0 Å². The molecule has 2 unspecified atom stereocenters. The lowest BCUT2D eigenvalue weighted by Gasteiger charge is -2.48. The maximum atomic E-state index is 6.03. The second kappa shape index (κ2) is 5.43. The van der Waals surface area contributed by atoms with Crippen molar-refractivity contribution in [3.8, 4) is 0 Å². The Bertz CT molecular complexity index is 427. The first kappa shape index (κ1) is 13.4. The van der Waals surface area contributed by atoms with Crippen molar-refractivity contribution in [2.75, 3.05) is 13.7 Å². The van der Waals surface area contributed by atoms with Crippen LogP contribution in [0.4, 0.5) is 0 Å². The number of nitrogens with one attached hydrogen (secondary N) is 1. The summed E-state index contributed by atoms with van der Waals surface area (Å²) in [5.74, 6) is 0.667. The van der Waals surface area contributed by atoms with E-state index < -0.39 is 0 Å². The van der Waals surface area contributed by atoms with Crippen LogP contribution in [0.15, 0.2) is 24.3 Å². The lowest BCUT2D eigenvalue weighted by Crippen LogP contribution is -2.47. The van der Waals surface area contributed by atoms with Gasteiger partial charge in [-0.2, -0.15) is 0 Å². The molecule has 2 aliphatic rings. The number of ether oxygens (including phenoxy) is 1. The van der Waals surface area contributed by atoms with Gasteiger partial charge in [-0.05, 0) is 62.8 Å². The van der Waals surface area contributed by atoms with E-state index >= 15 is 0 Å². The Labute approximate surface area is 120 Å². The molecule has 2 atom stereocenters. The zero-order valence-corrected chi connectivity index (χ0v) is 12.2. The van der Waals surface area contributed by atoms with E-state index in [1.54, 1.807) is 0 Å². The van der Waals surface area contributed by atoms with E-state index in [1.807, 2.05) is 12.1 Å². The maximum Gasteiger partial charge on any atom is 0.0686 e. The van der Waals surface area contributed by atoms with Crippen molar-refractivity contribution >= 4 is 11.6 Å². The van der Waals surface area contributed by atoms with Crippen LogP contribution in [0.25, 0.3) is 0 Å². The smallest absolute Gasteiger partial charge is 0.0686 e. The largest absolute Gasteiger partial charge is 0.375 e. The van der Waals surface area contributed by atoms with Gasteiger partial charge in [0.1, 0.15) is 0 Å². The highest BCUT2D eigenvalue weighted by molar-refractivity contribution is 6.30. The van der Waals surface area contributed by atoms with Gasteiger partial charge in [-0.1, -0.05) is 23.7 Å². The van der Waals surface area contributed by atoms with Gasteiger partial charge in [0.2, 0.25) is 0 Å². The zero-order valence-electron chi connectivity index (χ0n) is 11.5. The summed E-state index contributed by atoms with van der Waals surface area (Å²) >= 11 is 5.98. The van der Waals surface area contributed by atoms with Gasteiger partial charge < -0.3 is 10.1 Å². The van der Waals surface area contributed by atoms with Crippen molar-refractivity contribution in [3.63, 3.8) is 0 Å². The molecular weight excluding hydrogens is 258 g/mol. The Morgan fingerprint density at radius 2 is 2.05 bits per heavy atom. The summed E-state index contributed by atoms with van der Waals surface area (Å²) in [5.41, 5.74) is 1.55. The van der Waals surface area contributed by atoms with Crippen molar-refractivity contribution in [1.29, 1.82) is 0 Å². The van der Waals surface area contributed by atoms with Crippen LogP contribution in [0.3, 0.4) is 0 Å². The quantitative estimate of drug-likeness (QED) is 0.905. The highest BCUT2D eigenvalue weighted by atomic mass is 35.5. The fourth-order valence-corrected chi connectivity index (χ4v) is 3.74. The van der Waals surface area contributed by atoms with Crippen LogP contribution in [0.2, 0.25) is 5.02 Å². The summed E-state index contributed by atoms with van der Waals surface area (Å²) in [6.07, 6.45) is 6.18. The van der Waals surface area contributed by atoms with E-state index in [4.69, 9.17) is 16.3 Å². The molecule has 1 aliphatic heterocycles. The average molecular weight is 280 g/mol. The number of hydrogen-bond acceptors (Lipinski definition) is 2. The van der Waals surface area contributed by atoms with Crippen LogP contribution in [0.5, 0.6) is 0 Å². The second-order valence-corrected chi connectivity index (χ2v) is 6.39. The summed E-state index contributed by atoms with van der Waals surface area (Å²) in [6, 6.07) is 8.68. The van der Waals surface area contributed by atoms with Crippen LogP contribution < -0.4 is 5.32 Å². The van der Waals surface area contributed by atoms with Crippen LogP contribution >= 0.6 is 11.6 Å². The molecule has 1 aromatic rings. The van der Waals surface area contributed by atoms with Gasteiger partial charge in [0.25, 0.3) is 0 Å². The molecule has 2 nitrogen and oxygen atoms in total. The molecule has 1 saturated carbocycles. The molecule has 0 aromatic heterocycles. The average Bonchev–Trinajstić information content (AvgIpc) is 2.40. The molecule has 1 aromatic carbocycles. The Morgan fingerprint density at radius 3 is 2.63 bits per heavy atom. The molecule has 3 heteroatoms. The Hall–Kier alpha value is -0.570. The van der Waals surface area contributed by atoms with Gasteiger partial charge in [-0.25, -0.2) is 0 Å². The first-order valence-electron chi connectivity index (χ1n) is 7.29. The van der Waals surface area contributed by atoms with Gasteiger partial charge in [0.05, 0.1) is 5.60 Å². The molecular formula is C16H22ClNO. The number of halogens is 1. The molecule has 1 saturated heterocycles. The normalized spacial score (nSPS) is 26.9. The maximum absolute atomic E-state index is 6.03. The monoisotopic (exact) mass is 279 g/mol. The first-order chi connectivity index (χ1) is 9.22. The van der Waals surface area contributed by atoms with Crippen LogP contribution in [0.1, 0.15) is 43.7 Å². The van der Waals surface area contributed by atoms with Crippen molar-refractivity contribution in [2.45, 2.75) is 43.7 Å². The van der Waals surface area contributed by atoms with E-state index in [9.17, 15) is 0 Å². The topological polar surface area (TPSA) is 21.3 Å². The third-order valence-corrected chi connectivity index (χ3v) is 5.06. The SMILES string of the molecule is CNC(c1ccc(Cl)cc1)C1CCOC2(CCC2)C1. The highest BCUT2D eigenvalue weighted by Crippen LogP contribution is 2.47. The van der Waals surface area contributed by atoms with Gasteiger partial charge in [0, 0.05) is 17.7 Å². The highest BCUT2D eigenvalue weighted by Gasteiger charge is 2.44. The summed E-state index contributed by atoms with van der Waals surface area (Å²) in [5, 5.41) is 4.30. The lowest BCUT2D eigenvalue weighted by molar-refractivity contribution is -0.147. The standard InChI is InChI=1S/C16H22ClNO/c1-18-15(12-3-5-14(17)6-4-12)13-7-10-19-16(11-13)8-2-9-16/h3-6,13,15,18H,2,7-11H2,1H3. The fourth-order valence-electron chi connectivity index (χ4n) is 3.61. The van der Waals surface area contributed by atoms with E-state index in [0.29, 0.717) is 12.0 Å². The molecule has 1 aliphatic carbocycles. The molecule has 1 spiro atoms. The van der Waals surface area contributed by atoms with Gasteiger partial charge in [0.15, 0.2) is 0 Å². The Balaban J connectivity index is 1.76. The van der Waals surface area contributed by atoms with Crippen LogP contribution in [0, 0.1) is 5.92 Å². The molecule has 104 valence electrons. The minimum Gasteiger partial charge on any atom is -0.375 e. The summed E-state index contributed by atoms with van der Waals surface area (Å²) in [4.78, 5) is 0. The van der Waals surface area contributed by atoms with Crippen molar-refractivity contribution in [3.05, 3.63) is 34.9 Å². The van der Waals surface area contributed by atoms with Crippen LogP contribution in [-0.2, 0) is 4.74 Å². The van der Waals surface area contributed by atoms with Gasteiger partial charge in [-0.3, -0.25) is 0 Å². The molecule has 0 bridgehead atoms. The molecule has 1 N–H and O–H groups in total. The minimum atomic E-state index is 0.213. The predicted molar refractivity (Wildman–Crippen MR) is 78.5 cm³/mol. The number of rotatable bonds is 3. The summed E-state index contributed by atoms with van der Waals surface area (Å²) in [7, 11) is 2.06. The van der Waals surface area contributed by atoms with Crippen molar-refractivity contribution < 1.29 is 4.74 Å². The van der Waals surface area contributed by atoms with Crippen molar-refractivity contribution in [1.82, 2.24) is 5.32 Å². The lowest BCUT2D eigenvalue weighted by atomic mass is 9.69. The summed E-state index contributed by atoms with van der Waals surface area (Å²) < 4.78 is 6.03. The minimum absolute atomic E-state index is 0.213. The number of hydrogen-bond donors (Lipinski definition) is 1. The first-order valence-corrected chi connectivity index (χ1v) is 7.67. The molecule has 0 amide bonds. The van der Waals surface area contributed by atoms with E-state index in [1.165, 1.54) is 31.2 Å². The third kappa shape index (κ3) is 2.67. The fraction of sp³-hybridized carbons (Fsp3) is 0.625. The molecule has 19 heavy (non-hydrogen) atoms. The predicted octanol–water partition coefficient (Wildman–Crippen LogP) is 3.95. The molecule has 3 rings (SSSR count). The second-order valence-electron chi connectivity index (χ2n) is 5.96. The van der Waals surface area contributed by atoms with Crippen molar-refractivity contribution in [2.24, 2.45) is 5.92 Å². The molecule has 0 radical (unpaired) electrons.